The van der Waals surface area contributed by atoms with E-state index in [1.807, 2.05) is 0 Å². The Morgan fingerprint density at radius 1 is 1.38 bits per heavy atom. The van der Waals surface area contributed by atoms with Crippen LogP contribution in [0.4, 0.5) is 10.1 Å². The number of rotatable bonds is 5. The van der Waals surface area contributed by atoms with Gasteiger partial charge in [0.15, 0.2) is 11.6 Å². The van der Waals surface area contributed by atoms with Gasteiger partial charge in [-0.1, -0.05) is 0 Å². The van der Waals surface area contributed by atoms with Gasteiger partial charge >= 0.3 is 0 Å². The lowest BCUT2D eigenvalue weighted by Gasteiger charge is -2.05. The maximum Gasteiger partial charge on any atom is 0.248 e. The van der Waals surface area contributed by atoms with Crippen LogP contribution in [0.1, 0.15) is 11.1 Å². The molecule has 1 amide bonds. The summed E-state index contributed by atoms with van der Waals surface area (Å²) in [5.41, 5.74) is 7.43. The number of pyridine rings is 1. The zero-order chi connectivity index (χ0) is 17.5. The number of aromatic nitrogens is 1. The number of hydrogen-bond donors (Lipinski definition) is 4. The van der Waals surface area contributed by atoms with E-state index in [0.717, 1.165) is 18.3 Å². The summed E-state index contributed by atoms with van der Waals surface area (Å²) < 4.78 is 13.2. The Balaban J connectivity index is 2.17. The standard InChI is InChI=1S/C17H15FN4O2/c18-15-7-13(2-3-16(15)23)22-17(24)4-1-11-10-21-6-5-14(11)12(8-19)9-20/h1-10,19,23H,20H2,(H,22,24)/b4-1+,12-9?,19-8?. The number of nitrogens with zero attached hydrogens (tertiary/aromatic N) is 1. The Morgan fingerprint density at radius 3 is 2.83 bits per heavy atom. The zero-order valence-corrected chi connectivity index (χ0v) is 12.5. The summed E-state index contributed by atoms with van der Waals surface area (Å²) >= 11 is 0. The molecule has 122 valence electrons. The molecule has 0 radical (unpaired) electrons. The molecule has 0 aliphatic carbocycles. The highest BCUT2D eigenvalue weighted by atomic mass is 19.1. The van der Waals surface area contributed by atoms with Crippen LogP contribution in [0.15, 0.2) is 48.9 Å². The lowest BCUT2D eigenvalue weighted by molar-refractivity contribution is -0.111. The first kappa shape index (κ1) is 16.9. The average Bonchev–Trinajstić information content (AvgIpc) is 2.58. The molecule has 0 saturated heterocycles. The zero-order valence-electron chi connectivity index (χ0n) is 12.5. The van der Waals surface area contributed by atoms with Crippen molar-refractivity contribution in [2.45, 2.75) is 0 Å². The van der Waals surface area contributed by atoms with Crippen molar-refractivity contribution in [2.24, 2.45) is 5.73 Å². The number of benzene rings is 1. The SMILES string of the molecule is N=CC(=CN)c1ccncc1/C=C/C(=O)Nc1ccc(O)c(F)c1. The monoisotopic (exact) mass is 326 g/mol. The van der Waals surface area contributed by atoms with Crippen molar-refractivity contribution in [3.63, 3.8) is 0 Å². The van der Waals surface area contributed by atoms with E-state index in [1.165, 1.54) is 30.6 Å². The fraction of sp³-hybridized carbons (Fsp3) is 0. The fourth-order valence-electron chi connectivity index (χ4n) is 1.95. The Kier molecular flexibility index (Phi) is 5.40. The predicted octanol–water partition coefficient (Wildman–Crippen LogP) is 2.53. The van der Waals surface area contributed by atoms with Crippen LogP contribution in [0, 0.1) is 11.2 Å². The summed E-state index contributed by atoms with van der Waals surface area (Å²) in [6, 6.07) is 5.22. The van der Waals surface area contributed by atoms with E-state index in [4.69, 9.17) is 16.2 Å². The van der Waals surface area contributed by atoms with Crippen molar-refractivity contribution >= 4 is 29.5 Å². The Hall–Kier alpha value is -3.48. The molecular formula is C17H15FN4O2. The van der Waals surface area contributed by atoms with Crippen LogP contribution < -0.4 is 11.1 Å². The molecule has 0 fully saturated rings. The number of anilines is 1. The van der Waals surface area contributed by atoms with Crippen LogP contribution in [0.2, 0.25) is 0 Å². The molecule has 5 N–H and O–H groups in total. The van der Waals surface area contributed by atoms with Crippen molar-refractivity contribution in [1.82, 2.24) is 4.98 Å². The molecule has 1 heterocycles. The molecule has 24 heavy (non-hydrogen) atoms. The van der Waals surface area contributed by atoms with Crippen LogP contribution in [-0.4, -0.2) is 22.2 Å². The maximum atomic E-state index is 13.2. The number of amides is 1. The van der Waals surface area contributed by atoms with Gasteiger partial charge < -0.3 is 21.6 Å². The Bertz CT molecular complexity index is 831. The second kappa shape index (κ2) is 7.68. The highest BCUT2D eigenvalue weighted by Crippen LogP contribution is 2.20. The molecule has 2 aromatic rings. The van der Waals surface area contributed by atoms with Crippen LogP contribution in [0.3, 0.4) is 0 Å². The molecule has 1 aromatic heterocycles. The van der Waals surface area contributed by atoms with E-state index >= 15 is 0 Å². The summed E-state index contributed by atoms with van der Waals surface area (Å²) in [5, 5.41) is 18.9. The number of halogens is 1. The van der Waals surface area contributed by atoms with Crippen LogP contribution in [0.25, 0.3) is 11.6 Å². The van der Waals surface area contributed by atoms with E-state index in [0.29, 0.717) is 16.7 Å². The van der Waals surface area contributed by atoms with Crippen molar-refractivity contribution in [1.29, 1.82) is 5.41 Å². The number of nitrogens with two attached hydrogens (primary N) is 1. The normalized spacial score (nSPS) is 11.5. The highest BCUT2D eigenvalue weighted by molar-refractivity contribution is 6.10. The number of hydrogen-bond acceptors (Lipinski definition) is 5. The third-order valence-electron chi connectivity index (χ3n) is 3.13. The number of phenols is 1. The van der Waals surface area contributed by atoms with E-state index in [-0.39, 0.29) is 5.69 Å². The van der Waals surface area contributed by atoms with Gasteiger partial charge in [-0.15, -0.1) is 0 Å². The molecule has 7 heteroatoms. The van der Waals surface area contributed by atoms with E-state index in [9.17, 15) is 9.18 Å². The highest BCUT2D eigenvalue weighted by Gasteiger charge is 2.06. The number of aromatic hydroxyl groups is 1. The predicted molar refractivity (Wildman–Crippen MR) is 90.9 cm³/mol. The van der Waals surface area contributed by atoms with Crippen LogP contribution in [-0.2, 0) is 4.79 Å². The lowest BCUT2D eigenvalue weighted by atomic mass is 10.0. The summed E-state index contributed by atoms with van der Waals surface area (Å²) in [4.78, 5) is 15.9. The maximum absolute atomic E-state index is 13.2. The minimum absolute atomic E-state index is 0.216. The minimum Gasteiger partial charge on any atom is -0.505 e. The topological polar surface area (TPSA) is 112 Å². The Morgan fingerprint density at radius 2 is 2.17 bits per heavy atom. The molecule has 0 unspecified atom stereocenters. The number of nitrogens with one attached hydrogen (secondary N) is 2. The van der Waals surface area contributed by atoms with E-state index < -0.39 is 17.5 Å². The van der Waals surface area contributed by atoms with Gasteiger partial charge in [-0.3, -0.25) is 9.78 Å². The molecule has 1 aromatic carbocycles. The van der Waals surface area contributed by atoms with Gasteiger partial charge in [0.1, 0.15) is 0 Å². The molecule has 0 aliphatic heterocycles. The number of phenolic OH excluding ortho intramolecular Hbond substituents is 1. The Labute approximate surface area is 137 Å². The van der Waals surface area contributed by atoms with E-state index in [1.54, 1.807) is 12.3 Å². The molecule has 0 saturated carbocycles. The van der Waals surface area contributed by atoms with Gasteiger partial charge in [-0.05, 0) is 29.8 Å². The molecule has 0 spiro atoms. The van der Waals surface area contributed by atoms with Crippen molar-refractivity contribution in [3.05, 3.63) is 65.9 Å². The quantitative estimate of drug-likeness (QED) is 0.384. The number of carbonyl (C=O) groups is 1. The molecule has 6 nitrogen and oxygen atoms in total. The molecule has 2 rings (SSSR count). The van der Waals surface area contributed by atoms with Gasteiger partial charge in [0, 0.05) is 53.8 Å². The molecule has 0 bridgehead atoms. The van der Waals surface area contributed by atoms with Gasteiger partial charge in [0.25, 0.3) is 0 Å². The van der Waals surface area contributed by atoms with Crippen molar-refractivity contribution < 1.29 is 14.3 Å². The first-order valence-electron chi connectivity index (χ1n) is 6.89. The summed E-state index contributed by atoms with van der Waals surface area (Å²) in [7, 11) is 0. The molecule has 0 aliphatic rings. The smallest absolute Gasteiger partial charge is 0.248 e. The number of carbonyl (C=O) groups excluding carboxylic acids is 1. The van der Waals surface area contributed by atoms with Gasteiger partial charge in [-0.25, -0.2) is 4.39 Å². The first-order valence-corrected chi connectivity index (χ1v) is 6.89. The average molecular weight is 326 g/mol. The third kappa shape index (κ3) is 4.04. The molecule has 0 atom stereocenters. The van der Waals surface area contributed by atoms with Gasteiger partial charge in [-0.2, -0.15) is 0 Å². The van der Waals surface area contributed by atoms with Crippen molar-refractivity contribution in [3.8, 4) is 5.75 Å². The largest absolute Gasteiger partial charge is 0.505 e. The fourth-order valence-corrected chi connectivity index (χ4v) is 1.95. The molecular weight excluding hydrogens is 311 g/mol. The second-order valence-electron chi connectivity index (χ2n) is 4.72. The third-order valence-corrected chi connectivity index (χ3v) is 3.13. The second-order valence-corrected chi connectivity index (χ2v) is 4.72. The first-order chi connectivity index (χ1) is 11.5. The summed E-state index contributed by atoms with van der Waals surface area (Å²) in [5.74, 6) is -1.80. The van der Waals surface area contributed by atoms with Crippen LogP contribution in [0.5, 0.6) is 5.75 Å². The summed E-state index contributed by atoms with van der Waals surface area (Å²) in [6.07, 6.45) is 8.25. The lowest BCUT2D eigenvalue weighted by Crippen LogP contribution is -2.08. The summed E-state index contributed by atoms with van der Waals surface area (Å²) in [6.45, 7) is 0. The van der Waals surface area contributed by atoms with E-state index in [2.05, 4.69) is 10.3 Å². The van der Waals surface area contributed by atoms with Crippen molar-refractivity contribution in [2.75, 3.05) is 5.32 Å². The minimum atomic E-state index is -0.824. The number of allylic oxidation sites excluding steroid dienone is 1. The van der Waals surface area contributed by atoms with Crippen LogP contribution >= 0.6 is 0 Å². The van der Waals surface area contributed by atoms with Gasteiger partial charge in [0.2, 0.25) is 5.91 Å². The van der Waals surface area contributed by atoms with Gasteiger partial charge in [0.05, 0.1) is 0 Å².